The summed E-state index contributed by atoms with van der Waals surface area (Å²) in [5.41, 5.74) is 0.358. The van der Waals surface area contributed by atoms with Gasteiger partial charge in [-0.1, -0.05) is 6.92 Å². The number of piperazine rings is 1. The second-order valence-electron chi connectivity index (χ2n) is 4.11. The standard InChI is InChI=1S/C10H22N2S/c1-4-10(2)9-12(6-5-11-10)7-8-13-3/h11H,4-9H2,1-3H3. The minimum Gasteiger partial charge on any atom is -0.309 e. The van der Waals surface area contributed by atoms with Gasteiger partial charge >= 0.3 is 0 Å². The van der Waals surface area contributed by atoms with E-state index in [1.54, 1.807) is 0 Å². The van der Waals surface area contributed by atoms with Gasteiger partial charge in [-0.15, -0.1) is 0 Å². The highest BCUT2D eigenvalue weighted by Crippen LogP contribution is 2.15. The summed E-state index contributed by atoms with van der Waals surface area (Å²) in [5, 5.41) is 3.60. The predicted octanol–water partition coefficient (Wildman–Crippen LogP) is 1.42. The molecule has 78 valence electrons. The highest BCUT2D eigenvalue weighted by molar-refractivity contribution is 7.98. The molecule has 0 aromatic carbocycles. The summed E-state index contributed by atoms with van der Waals surface area (Å²) >= 11 is 1.94. The van der Waals surface area contributed by atoms with Gasteiger partial charge in [0.05, 0.1) is 0 Å². The first kappa shape index (κ1) is 11.3. The fourth-order valence-corrected chi connectivity index (χ4v) is 2.23. The van der Waals surface area contributed by atoms with Gasteiger partial charge in [0.25, 0.3) is 0 Å². The first-order valence-electron chi connectivity index (χ1n) is 5.16. The van der Waals surface area contributed by atoms with E-state index in [0.717, 1.165) is 6.54 Å². The van der Waals surface area contributed by atoms with E-state index in [9.17, 15) is 0 Å². The van der Waals surface area contributed by atoms with Crippen molar-refractivity contribution in [1.82, 2.24) is 10.2 Å². The smallest absolute Gasteiger partial charge is 0.0278 e. The molecule has 0 spiro atoms. The molecule has 1 N–H and O–H groups in total. The molecule has 0 radical (unpaired) electrons. The molecule has 1 unspecified atom stereocenters. The molecule has 0 saturated carbocycles. The quantitative estimate of drug-likeness (QED) is 0.742. The number of hydrogen-bond acceptors (Lipinski definition) is 3. The number of rotatable bonds is 4. The lowest BCUT2D eigenvalue weighted by atomic mass is 9.96. The van der Waals surface area contributed by atoms with Crippen molar-refractivity contribution in [2.24, 2.45) is 0 Å². The predicted molar refractivity (Wildman–Crippen MR) is 61.5 cm³/mol. The lowest BCUT2D eigenvalue weighted by Gasteiger charge is -2.41. The fourth-order valence-electron chi connectivity index (χ4n) is 1.79. The van der Waals surface area contributed by atoms with E-state index >= 15 is 0 Å². The minimum atomic E-state index is 0.358. The van der Waals surface area contributed by atoms with Gasteiger partial charge in [0.15, 0.2) is 0 Å². The summed E-state index contributed by atoms with van der Waals surface area (Å²) in [6.45, 7) is 9.43. The van der Waals surface area contributed by atoms with E-state index in [0.29, 0.717) is 5.54 Å². The largest absolute Gasteiger partial charge is 0.309 e. The molecule has 1 aliphatic heterocycles. The zero-order valence-electron chi connectivity index (χ0n) is 9.10. The molecule has 1 atom stereocenters. The third-order valence-electron chi connectivity index (χ3n) is 2.94. The number of nitrogens with zero attached hydrogens (tertiary/aromatic N) is 1. The summed E-state index contributed by atoms with van der Waals surface area (Å²) in [7, 11) is 0. The van der Waals surface area contributed by atoms with Gasteiger partial charge in [0, 0.05) is 37.5 Å². The van der Waals surface area contributed by atoms with Crippen LogP contribution in [-0.2, 0) is 0 Å². The lowest BCUT2D eigenvalue weighted by molar-refractivity contribution is 0.147. The van der Waals surface area contributed by atoms with E-state index < -0.39 is 0 Å². The molecule has 0 bridgehead atoms. The average molecular weight is 202 g/mol. The molecule has 1 rings (SSSR count). The van der Waals surface area contributed by atoms with Crippen LogP contribution in [0.25, 0.3) is 0 Å². The Morgan fingerprint density at radius 1 is 1.54 bits per heavy atom. The van der Waals surface area contributed by atoms with Crippen molar-refractivity contribution in [3.8, 4) is 0 Å². The van der Waals surface area contributed by atoms with Crippen LogP contribution >= 0.6 is 11.8 Å². The molecular weight excluding hydrogens is 180 g/mol. The van der Waals surface area contributed by atoms with Crippen LogP contribution in [0.1, 0.15) is 20.3 Å². The molecule has 1 heterocycles. The SMILES string of the molecule is CCC1(C)CN(CCSC)CCN1. The molecule has 1 fully saturated rings. The summed E-state index contributed by atoms with van der Waals surface area (Å²) in [4.78, 5) is 2.58. The van der Waals surface area contributed by atoms with Gasteiger partial charge in [-0.05, 0) is 19.6 Å². The summed E-state index contributed by atoms with van der Waals surface area (Å²) < 4.78 is 0. The Bertz CT molecular complexity index is 152. The summed E-state index contributed by atoms with van der Waals surface area (Å²) in [6, 6.07) is 0. The van der Waals surface area contributed by atoms with Crippen LogP contribution < -0.4 is 5.32 Å². The average Bonchev–Trinajstić information content (AvgIpc) is 2.15. The van der Waals surface area contributed by atoms with Gasteiger partial charge in [-0.2, -0.15) is 11.8 Å². The minimum absolute atomic E-state index is 0.358. The highest BCUT2D eigenvalue weighted by atomic mass is 32.2. The Labute approximate surface area is 86.5 Å². The maximum atomic E-state index is 3.60. The van der Waals surface area contributed by atoms with E-state index in [1.165, 1.54) is 31.8 Å². The molecule has 1 saturated heterocycles. The second-order valence-corrected chi connectivity index (χ2v) is 5.10. The van der Waals surface area contributed by atoms with E-state index in [-0.39, 0.29) is 0 Å². The molecule has 0 aromatic heterocycles. The maximum Gasteiger partial charge on any atom is 0.0278 e. The molecule has 0 amide bonds. The molecule has 0 aromatic rings. The van der Waals surface area contributed by atoms with Crippen LogP contribution in [0.15, 0.2) is 0 Å². The van der Waals surface area contributed by atoms with Crippen LogP contribution in [-0.4, -0.2) is 48.6 Å². The van der Waals surface area contributed by atoms with Gasteiger partial charge in [-0.25, -0.2) is 0 Å². The van der Waals surface area contributed by atoms with Crippen LogP contribution in [0.4, 0.5) is 0 Å². The normalized spacial score (nSPS) is 30.7. The Morgan fingerprint density at radius 2 is 2.31 bits per heavy atom. The van der Waals surface area contributed by atoms with Gasteiger partial charge in [0.1, 0.15) is 0 Å². The maximum absolute atomic E-state index is 3.60. The number of thioether (sulfide) groups is 1. The zero-order valence-corrected chi connectivity index (χ0v) is 9.91. The third kappa shape index (κ3) is 3.49. The molecule has 13 heavy (non-hydrogen) atoms. The van der Waals surface area contributed by atoms with Crippen LogP contribution in [0.2, 0.25) is 0 Å². The summed E-state index contributed by atoms with van der Waals surface area (Å²) in [6.07, 6.45) is 3.41. The first-order chi connectivity index (χ1) is 6.20. The second kappa shape index (κ2) is 5.23. The molecule has 1 aliphatic rings. The Balaban J connectivity index is 2.33. The van der Waals surface area contributed by atoms with Gasteiger partial charge in [0.2, 0.25) is 0 Å². The first-order valence-corrected chi connectivity index (χ1v) is 6.56. The van der Waals surface area contributed by atoms with E-state index in [2.05, 4.69) is 30.3 Å². The molecule has 0 aliphatic carbocycles. The topological polar surface area (TPSA) is 15.3 Å². The Hall–Kier alpha value is 0.270. The summed E-state index contributed by atoms with van der Waals surface area (Å²) in [5.74, 6) is 1.26. The molecule has 2 nitrogen and oxygen atoms in total. The van der Waals surface area contributed by atoms with Crippen molar-refractivity contribution in [2.45, 2.75) is 25.8 Å². The third-order valence-corrected chi connectivity index (χ3v) is 3.54. The van der Waals surface area contributed by atoms with Gasteiger partial charge < -0.3 is 5.32 Å². The van der Waals surface area contributed by atoms with Crippen LogP contribution in [0, 0.1) is 0 Å². The van der Waals surface area contributed by atoms with Crippen molar-refractivity contribution in [3.63, 3.8) is 0 Å². The highest BCUT2D eigenvalue weighted by Gasteiger charge is 2.27. The number of hydrogen-bond donors (Lipinski definition) is 1. The molecule has 3 heteroatoms. The lowest BCUT2D eigenvalue weighted by Crippen LogP contribution is -2.58. The van der Waals surface area contributed by atoms with Crippen LogP contribution in [0.5, 0.6) is 0 Å². The monoisotopic (exact) mass is 202 g/mol. The van der Waals surface area contributed by atoms with Crippen molar-refractivity contribution in [2.75, 3.05) is 38.2 Å². The fraction of sp³-hybridized carbons (Fsp3) is 1.00. The Kier molecular flexibility index (Phi) is 4.56. The van der Waals surface area contributed by atoms with Crippen molar-refractivity contribution < 1.29 is 0 Å². The molecular formula is C10H22N2S. The Morgan fingerprint density at radius 3 is 2.92 bits per heavy atom. The van der Waals surface area contributed by atoms with Crippen molar-refractivity contribution in [1.29, 1.82) is 0 Å². The zero-order chi connectivity index (χ0) is 9.73. The number of nitrogens with one attached hydrogen (secondary N) is 1. The van der Waals surface area contributed by atoms with Crippen molar-refractivity contribution >= 4 is 11.8 Å². The van der Waals surface area contributed by atoms with E-state index in [4.69, 9.17) is 0 Å². The van der Waals surface area contributed by atoms with Crippen LogP contribution in [0.3, 0.4) is 0 Å². The van der Waals surface area contributed by atoms with E-state index in [1.807, 2.05) is 11.8 Å². The van der Waals surface area contributed by atoms with Crippen molar-refractivity contribution in [3.05, 3.63) is 0 Å². The van der Waals surface area contributed by atoms with Gasteiger partial charge in [-0.3, -0.25) is 4.90 Å².